The van der Waals surface area contributed by atoms with Crippen molar-refractivity contribution in [3.8, 4) is 0 Å². The molecule has 4 heteroatoms. The average molecular weight is 233 g/mol. The van der Waals surface area contributed by atoms with Crippen LogP contribution in [0.2, 0.25) is 0 Å². The first-order valence-corrected chi connectivity index (χ1v) is 4.98. The summed E-state index contributed by atoms with van der Waals surface area (Å²) in [5.74, 6) is -5.44. The smallest absolute Gasteiger partial charge is 0.291 e. The molecule has 0 aliphatic rings. The Labute approximate surface area is 92.1 Å². The molecule has 0 heterocycles. The minimum atomic E-state index is -3.49. The molecule has 0 unspecified atom stereocenters. The molecule has 0 aliphatic carbocycles. The molecule has 0 saturated carbocycles. The van der Waals surface area contributed by atoms with Crippen molar-refractivity contribution in [2.24, 2.45) is 0 Å². The van der Waals surface area contributed by atoms with E-state index in [2.05, 4.69) is 0 Å². The van der Waals surface area contributed by atoms with Gasteiger partial charge < -0.3 is 0 Å². The molecule has 1 aromatic carbocycles. The fourth-order valence-electron chi connectivity index (χ4n) is 1.18. The van der Waals surface area contributed by atoms with Crippen molar-refractivity contribution < 1.29 is 13.6 Å². The van der Waals surface area contributed by atoms with Crippen LogP contribution in [0.4, 0.5) is 8.78 Å². The molecule has 15 heavy (non-hydrogen) atoms. The van der Waals surface area contributed by atoms with Gasteiger partial charge in [0.1, 0.15) is 0 Å². The third-order valence-corrected chi connectivity index (χ3v) is 2.58. The molecular weight excluding hydrogens is 222 g/mol. The second-order valence-electron chi connectivity index (χ2n) is 3.43. The Morgan fingerprint density at radius 1 is 1.33 bits per heavy atom. The van der Waals surface area contributed by atoms with Crippen LogP contribution in [0.25, 0.3) is 0 Å². The van der Waals surface area contributed by atoms with Crippen molar-refractivity contribution in [3.05, 3.63) is 34.9 Å². The van der Waals surface area contributed by atoms with Gasteiger partial charge >= 0.3 is 5.92 Å². The minimum absolute atomic E-state index is 0.295. The van der Waals surface area contributed by atoms with Crippen LogP contribution in [0.15, 0.2) is 18.2 Å². The fourth-order valence-corrected chi connectivity index (χ4v) is 1.35. The number of benzene rings is 1. The lowest BCUT2D eigenvalue weighted by molar-refractivity contribution is -0.141. The molecule has 0 radical (unpaired) electrons. The Hall–Kier alpha value is -0.960. The minimum Gasteiger partial charge on any atom is -0.291 e. The largest absolute Gasteiger partial charge is 0.331 e. The van der Waals surface area contributed by atoms with Gasteiger partial charge in [-0.1, -0.05) is 12.1 Å². The maximum atomic E-state index is 13.4. The molecular formula is C11H11ClF2O. The van der Waals surface area contributed by atoms with E-state index in [1.807, 2.05) is 6.92 Å². The van der Waals surface area contributed by atoms with Gasteiger partial charge in [-0.2, -0.15) is 8.78 Å². The highest BCUT2D eigenvalue weighted by Crippen LogP contribution is 2.30. The van der Waals surface area contributed by atoms with Crippen molar-refractivity contribution >= 4 is 17.4 Å². The van der Waals surface area contributed by atoms with Crippen molar-refractivity contribution in [3.63, 3.8) is 0 Å². The molecule has 1 aromatic rings. The highest BCUT2D eigenvalue weighted by atomic mass is 35.5. The summed E-state index contributed by atoms with van der Waals surface area (Å²) < 4.78 is 26.9. The topological polar surface area (TPSA) is 17.1 Å². The number of halogens is 3. The lowest BCUT2D eigenvalue weighted by atomic mass is 10.00. The molecule has 82 valence electrons. The van der Waals surface area contributed by atoms with Gasteiger partial charge in [0.05, 0.1) is 5.88 Å². The van der Waals surface area contributed by atoms with Gasteiger partial charge in [0.2, 0.25) is 5.78 Å². The van der Waals surface area contributed by atoms with Crippen molar-refractivity contribution in [2.75, 3.05) is 5.88 Å². The van der Waals surface area contributed by atoms with E-state index in [1.165, 1.54) is 12.1 Å². The molecule has 1 nitrogen and oxygen atoms in total. The predicted molar refractivity (Wildman–Crippen MR) is 55.5 cm³/mol. The Kier molecular flexibility index (Phi) is 3.45. The maximum absolute atomic E-state index is 13.4. The molecule has 0 aromatic heterocycles. The van der Waals surface area contributed by atoms with E-state index in [0.717, 1.165) is 11.1 Å². The number of hydrogen-bond donors (Lipinski definition) is 0. The lowest BCUT2D eigenvalue weighted by Gasteiger charge is -2.15. The van der Waals surface area contributed by atoms with Gasteiger partial charge in [-0.05, 0) is 31.0 Å². The summed E-state index contributed by atoms with van der Waals surface area (Å²) in [6, 6.07) is 4.15. The standard InChI is InChI=1S/C11H11ClF2O/c1-7-3-4-9(5-8(7)2)11(13,14)10(15)6-12/h3-5H,6H2,1-2H3. The van der Waals surface area contributed by atoms with E-state index < -0.39 is 17.6 Å². The van der Waals surface area contributed by atoms with Gasteiger partial charge in [-0.25, -0.2) is 0 Å². The molecule has 0 amide bonds. The van der Waals surface area contributed by atoms with Crippen LogP contribution in [0.5, 0.6) is 0 Å². The van der Waals surface area contributed by atoms with Crippen LogP contribution in [0, 0.1) is 13.8 Å². The third kappa shape index (κ3) is 2.34. The van der Waals surface area contributed by atoms with Gasteiger partial charge in [0.15, 0.2) is 0 Å². The summed E-state index contributed by atoms with van der Waals surface area (Å²) in [7, 11) is 0. The maximum Gasteiger partial charge on any atom is 0.331 e. The number of ketones is 1. The Morgan fingerprint density at radius 3 is 2.40 bits per heavy atom. The van der Waals surface area contributed by atoms with Gasteiger partial charge in [0, 0.05) is 5.56 Å². The number of rotatable bonds is 3. The molecule has 0 fully saturated rings. The second-order valence-corrected chi connectivity index (χ2v) is 3.70. The monoisotopic (exact) mass is 232 g/mol. The number of Topliss-reactive ketones (excluding diaryl/α,β-unsaturated/α-hetero) is 1. The molecule has 0 bridgehead atoms. The number of hydrogen-bond acceptors (Lipinski definition) is 1. The van der Waals surface area contributed by atoms with Crippen LogP contribution in [-0.2, 0) is 10.7 Å². The summed E-state index contributed by atoms with van der Waals surface area (Å²) in [4.78, 5) is 10.9. The van der Waals surface area contributed by atoms with Crippen LogP contribution < -0.4 is 0 Å². The van der Waals surface area contributed by atoms with Gasteiger partial charge in [-0.15, -0.1) is 11.6 Å². The molecule has 0 saturated heterocycles. The van der Waals surface area contributed by atoms with E-state index in [9.17, 15) is 13.6 Å². The zero-order valence-corrected chi connectivity index (χ0v) is 9.24. The normalized spacial score (nSPS) is 11.5. The van der Waals surface area contributed by atoms with E-state index in [0.29, 0.717) is 0 Å². The Balaban J connectivity index is 3.16. The first-order chi connectivity index (χ1) is 6.89. The van der Waals surface area contributed by atoms with E-state index in [-0.39, 0.29) is 5.56 Å². The molecule has 0 N–H and O–H groups in total. The Bertz CT molecular complexity index is 388. The highest BCUT2D eigenvalue weighted by Gasteiger charge is 2.39. The average Bonchev–Trinajstić information content (AvgIpc) is 2.20. The summed E-state index contributed by atoms with van der Waals surface area (Å²) in [6.07, 6.45) is 0. The summed E-state index contributed by atoms with van der Waals surface area (Å²) in [5, 5.41) is 0. The first-order valence-electron chi connectivity index (χ1n) is 4.44. The van der Waals surface area contributed by atoms with Crippen LogP contribution >= 0.6 is 11.6 Å². The van der Waals surface area contributed by atoms with Crippen LogP contribution in [0.1, 0.15) is 16.7 Å². The fraction of sp³-hybridized carbons (Fsp3) is 0.364. The molecule has 1 rings (SSSR count). The molecule has 0 aliphatic heterocycles. The van der Waals surface area contributed by atoms with E-state index >= 15 is 0 Å². The van der Waals surface area contributed by atoms with Crippen LogP contribution in [-0.4, -0.2) is 11.7 Å². The second kappa shape index (κ2) is 4.27. The lowest BCUT2D eigenvalue weighted by Crippen LogP contribution is -2.27. The Morgan fingerprint density at radius 2 is 1.93 bits per heavy atom. The summed E-state index contributed by atoms with van der Waals surface area (Å²) in [6.45, 7) is 3.54. The number of carbonyl (C=O) groups is 1. The number of carbonyl (C=O) groups excluding carboxylic acids is 1. The third-order valence-electron chi connectivity index (χ3n) is 2.34. The zero-order valence-electron chi connectivity index (χ0n) is 8.48. The summed E-state index contributed by atoms with van der Waals surface area (Å²) in [5.41, 5.74) is 1.35. The summed E-state index contributed by atoms with van der Waals surface area (Å²) >= 11 is 5.13. The van der Waals surface area contributed by atoms with E-state index in [1.54, 1.807) is 13.0 Å². The SMILES string of the molecule is Cc1ccc(C(F)(F)C(=O)CCl)cc1C. The van der Waals surface area contributed by atoms with Gasteiger partial charge in [-0.3, -0.25) is 4.79 Å². The van der Waals surface area contributed by atoms with Crippen LogP contribution in [0.3, 0.4) is 0 Å². The van der Waals surface area contributed by atoms with Gasteiger partial charge in [0.25, 0.3) is 0 Å². The van der Waals surface area contributed by atoms with Crippen molar-refractivity contribution in [1.29, 1.82) is 0 Å². The molecule has 0 spiro atoms. The number of aryl methyl sites for hydroxylation is 2. The number of alkyl halides is 3. The molecule has 0 atom stereocenters. The quantitative estimate of drug-likeness (QED) is 0.732. The zero-order chi connectivity index (χ0) is 11.6. The highest BCUT2D eigenvalue weighted by molar-refractivity contribution is 6.28. The predicted octanol–water partition coefficient (Wildman–Crippen LogP) is 3.20. The first kappa shape index (κ1) is 12.1. The van der Waals surface area contributed by atoms with E-state index in [4.69, 9.17) is 11.6 Å². The van der Waals surface area contributed by atoms with Crippen molar-refractivity contribution in [2.45, 2.75) is 19.8 Å². The van der Waals surface area contributed by atoms with Crippen molar-refractivity contribution in [1.82, 2.24) is 0 Å².